The number of fused-ring (bicyclic) bond motifs is 1. The van der Waals surface area contributed by atoms with Crippen molar-refractivity contribution in [3.8, 4) is 0 Å². The zero-order valence-corrected chi connectivity index (χ0v) is 29.7. The van der Waals surface area contributed by atoms with E-state index in [9.17, 15) is 31.2 Å². The predicted octanol–water partition coefficient (Wildman–Crippen LogP) is -10.4. The number of nitrogens with one attached hydrogen (secondary N) is 3. The molecule has 2 aromatic carbocycles. The first-order valence-corrected chi connectivity index (χ1v) is 13.5. The summed E-state index contributed by atoms with van der Waals surface area (Å²) in [7, 11) is -9.42. The molecule has 0 saturated heterocycles. The molecule has 3 aromatic rings. The Morgan fingerprint density at radius 3 is 2.12 bits per heavy atom. The summed E-state index contributed by atoms with van der Waals surface area (Å²) in [6, 6.07) is 6.60. The van der Waals surface area contributed by atoms with Crippen LogP contribution in [0.25, 0.3) is 10.8 Å². The van der Waals surface area contributed by atoms with Gasteiger partial charge in [0, 0.05) is 17.1 Å². The van der Waals surface area contributed by atoms with Crippen LogP contribution in [-0.4, -0.2) is 76.2 Å². The van der Waals surface area contributed by atoms with E-state index in [1.807, 2.05) is 0 Å². The van der Waals surface area contributed by atoms with Crippen LogP contribution in [0.3, 0.4) is 0 Å². The maximum Gasteiger partial charge on any atom is 1.00 e. The number of nitrogens with zero attached hydrogens (tertiary/aromatic N) is 3. The largest absolute Gasteiger partial charge is 1.00 e. The van der Waals surface area contributed by atoms with E-state index in [1.54, 1.807) is 0 Å². The number of rotatable bonds is 13. The van der Waals surface area contributed by atoms with Gasteiger partial charge in [0.1, 0.15) is 10.1 Å². The van der Waals surface area contributed by atoms with Crippen LogP contribution in [0.2, 0.25) is 0 Å². The van der Waals surface area contributed by atoms with Crippen LogP contribution in [0.1, 0.15) is 0 Å². The molecule has 0 spiro atoms. The van der Waals surface area contributed by atoms with Gasteiger partial charge < -0.3 is 40.5 Å². The van der Waals surface area contributed by atoms with Gasteiger partial charge in [0.25, 0.3) is 0 Å². The third-order valence-corrected chi connectivity index (χ3v) is 6.42. The van der Waals surface area contributed by atoms with Crippen LogP contribution < -0.4 is 110 Å². The number of aliphatic hydroxyl groups excluding tert-OH is 1. The number of aromatic nitrogens is 3. The fourth-order valence-electron chi connectivity index (χ4n) is 2.88. The molecule has 1 heterocycles. The Labute approximate surface area is 298 Å². The molecule has 0 aliphatic rings. The number of anilines is 4. The van der Waals surface area contributed by atoms with Gasteiger partial charge in [-0.2, -0.15) is 19.3 Å². The van der Waals surface area contributed by atoms with E-state index in [0.717, 1.165) is 6.07 Å². The minimum Gasteiger partial charge on any atom is -0.748 e. The van der Waals surface area contributed by atoms with Crippen molar-refractivity contribution >= 4 is 66.6 Å². The molecule has 23 heteroatoms. The molecule has 0 bridgehead atoms. The van der Waals surface area contributed by atoms with Crippen LogP contribution in [0.5, 0.6) is 0 Å². The summed E-state index contributed by atoms with van der Waals surface area (Å²) in [5, 5.41) is 39.7. The van der Waals surface area contributed by atoms with Crippen molar-refractivity contribution in [3.63, 3.8) is 0 Å². The summed E-state index contributed by atoms with van der Waals surface area (Å²) in [4.78, 5) is 11.5. The van der Waals surface area contributed by atoms with Gasteiger partial charge in [0.15, 0.2) is 6.29 Å². The monoisotopic (exact) mass is 646 g/mol. The van der Waals surface area contributed by atoms with Gasteiger partial charge in [0.2, 0.25) is 17.8 Å². The molecule has 0 radical (unpaired) electrons. The molecule has 202 valence electrons. The Bertz CT molecular complexity index is 1490. The van der Waals surface area contributed by atoms with E-state index < -0.39 is 37.2 Å². The van der Waals surface area contributed by atoms with Crippen molar-refractivity contribution < 1.29 is 139 Å². The maximum absolute atomic E-state index is 11.7. The van der Waals surface area contributed by atoms with Crippen molar-refractivity contribution in [2.24, 2.45) is 0 Å². The molecule has 0 fully saturated rings. The average Bonchev–Trinajstić information content (AvgIpc) is 2.79. The zero-order chi connectivity index (χ0) is 27.2. The first-order valence-electron chi connectivity index (χ1n) is 9.81. The van der Waals surface area contributed by atoms with Gasteiger partial charge in [0.05, 0.1) is 39.4 Å². The van der Waals surface area contributed by atoms with Crippen molar-refractivity contribution in [1.82, 2.24) is 15.0 Å². The standard InChI is InChI=1S/C17H20N6O11S3.3Na/c24-14(25)8-19-16-21-15(18-3-4-36(27,28)29)22-17(23-16)20-10-1-2-12-9(5-10)6-11(35-34-33-26)7-13(12)37(30,31)32;;;/h1-2,5-7,14,24-26H,3-4,8H2,(H,27,28,29)(H,30,31,32)(H3,18,19,20,21,22,23);;;/q;3*+1/p-3. The zero-order valence-electron chi connectivity index (χ0n) is 21.2. The molecular weight excluding hydrogens is 629 g/mol. The summed E-state index contributed by atoms with van der Waals surface area (Å²) < 4.78 is 71.9. The Hall–Kier alpha value is 0.0800. The van der Waals surface area contributed by atoms with Gasteiger partial charge in [-0.1, -0.05) is 6.07 Å². The van der Waals surface area contributed by atoms with Crippen LogP contribution in [0, 0.1) is 0 Å². The summed E-state index contributed by atoms with van der Waals surface area (Å²) in [6.45, 7) is -0.689. The summed E-state index contributed by atoms with van der Waals surface area (Å²) in [6.07, 6.45) is -1.75. The van der Waals surface area contributed by atoms with Crippen molar-refractivity contribution in [3.05, 3.63) is 30.3 Å². The van der Waals surface area contributed by atoms with Crippen molar-refractivity contribution in [1.29, 1.82) is 0 Å². The number of benzene rings is 2. The van der Waals surface area contributed by atoms with Crippen LogP contribution in [0.4, 0.5) is 23.5 Å². The Morgan fingerprint density at radius 1 is 0.925 bits per heavy atom. The third-order valence-electron chi connectivity index (χ3n) is 4.28. The number of hydrogen-bond donors (Lipinski definition) is 5. The van der Waals surface area contributed by atoms with Gasteiger partial charge in [-0.05, 0) is 35.0 Å². The molecule has 0 atom stereocenters. The smallest absolute Gasteiger partial charge is 0.748 e. The van der Waals surface area contributed by atoms with Crippen LogP contribution >= 0.6 is 12.0 Å². The second-order valence-electron chi connectivity index (χ2n) is 7.01. The number of hydrogen-bond acceptors (Lipinski definition) is 18. The van der Waals surface area contributed by atoms with E-state index >= 15 is 0 Å². The summed E-state index contributed by atoms with van der Waals surface area (Å²) in [5.41, 5.74) is 0.289. The van der Waals surface area contributed by atoms with Gasteiger partial charge in [-0.25, -0.2) is 16.8 Å². The van der Waals surface area contributed by atoms with E-state index in [2.05, 4.69) is 40.3 Å². The van der Waals surface area contributed by atoms with E-state index in [1.165, 1.54) is 24.3 Å². The first kappa shape index (κ1) is 40.1. The molecule has 0 amide bonds. The molecule has 40 heavy (non-hydrogen) atoms. The topological polar surface area (TPSA) is 271 Å². The van der Waals surface area contributed by atoms with E-state index in [0.29, 0.717) is 12.0 Å². The Morgan fingerprint density at radius 2 is 1.55 bits per heavy atom. The fourth-order valence-corrected chi connectivity index (χ4v) is 4.48. The van der Waals surface area contributed by atoms with Crippen LogP contribution in [-0.2, 0) is 29.6 Å². The average molecular weight is 647 g/mol. The van der Waals surface area contributed by atoms with E-state index in [-0.39, 0.29) is 141 Å². The summed E-state index contributed by atoms with van der Waals surface area (Å²) in [5.74, 6) is -1.18. The molecule has 0 unspecified atom stereocenters. The van der Waals surface area contributed by atoms with Gasteiger partial charge in [-0.15, -0.1) is 0 Å². The molecule has 3 rings (SSSR count). The first-order chi connectivity index (χ1) is 17.3. The normalized spacial score (nSPS) is 11.2. The fraction of sp³-hybridized carbons (Fsp3) is 0.235. The van der Waals surface area contributed by atoms with Gasteiger partial charge in [-0.3, -0.25) is 5.04 Å². The quantitative estimate of drug-likeness (QED) is 0.0288. The Kier molecular flexibility index (Phi) is 18.1. The minimum absolute atomic E-state index is 0. The predicted molar refractivity (Wildman–Crippen MR) is 123 cm³/mol. The number of aliphatic hydroxyl groups is 2. The second-order valence-corrected chi connectivity index (χ2v) is 10.7. The molecule has 0 saturated carbocycles. The Balaban J connectivity index is 0.00000507. The van der Waals surface area contributed by atoms with E-state index in [4.69, 9.17) is 10.2 Å². The van der Waals surface area contributed by atoms with Crippen molar-refractivity contribution in [2.45, 2.75) is 16.1 Å². The molecule has 5 N–H and O–H groups in total. The maximum atomic E-state index is 11.7. The molecule has 0 aliphatic carbocycles. The van der Waals surface area contributed by atoms with Gasteiger partial charge >= 0.3 is 88.7 Å². The van der Waals surface area contributed by atoms with Crippen molar-refractivity contribution in [2.75, 3.05) is 34.8 Å². The molecule has 1 aromatic heterocycles. The molecule has 0 aliphatic heterocycles. The SMILES string of the molecule is O=S(=O)([O-])CCNc1nc(NCC(O)O)nc(Nc2ccc3c(S(=O)(=O)[O-])cc(SOO[O-])cc3c2)n1.[Na+].[Na+].[Na+]. The van der Waals surface area contributed by atoms with Crippen LogP contribution in [0.15, 0.2) is 40.1 Å². The summed E-state index contributed by atoms with van der Waals surface area (Å²) >= 11 is 0.382. The second kappa shape index (κ2) is 18.0. The molecule has 17 nitrogen and oxygen atoms in total. The third kappa shape index (κ3) is 13.2. The minimum atomic E-state index is -4.91. The molecular formula is C17H17N6Na3O11S3.